The molecule has 0 radical (unpaired) electrons. The molecule has 3 rings (SSSR count). The van der Waals surface area contributed by atoms with Gasteiger partial charge in [0.1, 0.15) is 5.82 Å². The molecule has 1 aromatic heterocycles. The van der Waals surface area contributed by atoms with E-state index < -0.39 is 5.97 Å². The highest BCUT2D eigenvalue weighted by Crippen LogP contribution is 2.20. The van der Waals surface area contributed by atoms with E-state index in [1.165, 1.54) is 12.3 Å². The number of ether oxygens (including phenoxy) is 1. The van der Waals surface area contributed by atoms with Crippen molar-refractivity contribution < 1.29 is 13.9 Å². The molecule has 0 atom stereocenters. The first-order chi connectivity index (χ1) is 13.2. The van der Waals surface area contributed by atoms with Gasteiger partial charge in [0.15, 0.2) is 5.82 Å². The fraction of sp³-hybridized carbons (Fsp3) is 0.158. The molecule has 2 aromatic carbocycles. The third-order valence-electron chi connectivity index (χ3n) is 3.65. The van der Waals surface area contributed by atoms with Gasteiger partial charge < -0.3 is 15.4 Å². The first-order valence-corrected chi connectivity index (χ1v) is 8.37. The molecule has 0 bridgehead atoms. The van der Waals surface area contributed by atoms with E-state index >= 15 is 0 Å². The quantitative estimate of drug-likeness (QED) is 0.617. The predicted octanol–water partition coefficient (Wildman–Crippen LogP) is 3.54. The van der Waals surface area contributed by atoms with Crippen molar-refractivity contribution in [2.45, 2.75) is 13.5 Å². The highest BCUT2D eigenvalue weighted by molar-refractivity contribution is 5.96. The van der Waals surface area contributed by atoms with Gasteiger partial charge in [0.05, 0.1) is 24.1 Å². The summed E-state index contributed by atoms with van der Waals surface area (Å²) in [4.78, 5) is 16.3. The Morgan fingerprint density at radius 2 is 1.93 bits per heavy atom. The van der Waals surface area contributed by atoms with Crippen LogP contribution in [0.3, 0.4) is 0 Å². The lowest BCUT2D eigenvalue weighted by atomic mass is 10.2. The van der Waals surface area contributed by atoms with Crippen LogP contribution in [0.2, 0.25) is 0 Å². The van der Waals surface area contributed by atoms with Crippen LogP contribution >= 0.6 is 0 Å². The Bertz CT molecular complexity index is 935. The lowest BCUT2D eigenvalue weighted by molar-refractivity contribution is 0.0527. The molecule has 0 aliphatic heterocycles. The van der Waals surface area contributed by atoms with E-state index in [1.807, 2.05) is 0 Å². The van der Waals surface area contributed by atoms with E-state index in [-0.39, 0.29) is 24.9 Å². The van der Waals surface area contributed by atoms with Crippen molar-refractivity contribution >= 4 is 23.4 Å². The number of rotatable bonds is 7. The first-order valence-electron chi connectivity index (χ1n) is 8.37. The number of esters is 1. The third kappa shape index (κ3) is 4.75. The Hall–Kier alpha value is -3.55. The predicted molar refractivity (Wildman–Crippen MR) is 99.2 cm³/mol. The molecule has 0 saturated heterocycles. The number of carbonyl (C=O) groups excluding carboxylic acids is 1. The number of halogens is 1. The maximum atomic E-state index is 13.7. The zero-order valence-electron chi connectivity index (χ0n) is 14.6. The molecule has 0 saturated carbocycles. The molecule has 2 N–H and O–H groups in total. The number of hydrogen-bond donors (Lipinski definition) is 2. The Labute approximate surface area is 155 Å². The third-order valence-corrected chi connectivity index (χ3v) is 3.65. The van der Waals surface area contributed by atoms with Crippen LogP contribution in [0.1, 0.15) is 22.8 Å². The van der Waals surface area contributed by atoms with Crippen molar-refractivity contribution in [3.63, 3.8) is 0 Å². The normalized spacial score (nSPS) is 10.3. The van der Waals surface area contributed by atoms with Gasteiger partial charge in [0.25, 0.3) is 0 Å². The minimum Gasteiger partial charge on any atom is -0.462 e. The van der Waals surface area contributed by atoms with E-state index in [0.717, 1.165) is 0 Å². The molecule has 8 heteroatoms. The largest absolute Gasteiger partial charge is 0.462 e. The summed E-state index contributed by atoms with van der Waals surface area (Å²) >= 11 is 0. The minimum absolute atomic E-state index is 0.199. The number of hydrogen-bond acceptors (Lipinski definition) is 7. The van der Waals surface area contributed by atoms with Crippen LogP contribution < -0.4 is 10.6 Å². The standard InChI is InChI=1S/C19H18FN5O2/c1-2-27-18(26)14-8-4-6-10-16(14)23-19-24-17(12-22-25-19)21-11-13-7-3-5-9-15(13)20/h3-10,12H,2,11H2,1H3,(H2,21,23,24,25). The number of nitrogens with zero attached hydrogens (tertiary/aromatic N) is 3. The van der Waals surface area contributed by atoms with Crippen LogP contribution in [-0.2, 0) is 11.3 Å². The number of anilines is 3. The van der Waals surface area contributed by atoms with Crippen LogP contribution in [-0.4, -0.2) is 27.8 Å². The molecule has 0 aliphatic carbocycles. The average Bonchev–Trinajstić information content (AvgIpc) is 2.68. The van der Waals surface area contributed by atoms with Crippen LogP contribution in [0.4, 0.5) is 21.8 Å². The Kier molecular flexibility index (Phi) is 5.88. The van der Waals surface area contributed by atoms with Crippen molar-refractivity contribution in [2.24, 2.45) is 0 Å². The molecule has 0 aliphatic rings. The number of para-hydroxylation sites is 1. The van der Waals surface area contributed by atoms with Gasteiger partial charge in [0, 0.05) is 12.1 Å². The molecule has 0 unspecified atom stereocenters. The van der Waals surface area contributed by atoms with Gasteiger partial charge in [0.2, 0.25) is 5.95 Å². The monoisotopic (exact) mass is 367 g/mol. The Morgan fingerprint density at radius 1 is 1.15 bits per heavy atom. The summed E-state index contributed by atoms with van der Waals surface area (Å²) in [5.41, 5.74) is 1.38. The second-order valence-corrected chi connectivity index (χ2v) is 5.50. The second kappa shape index (κ2) is 8.70. The molecule has 0 spiro atoms. The van der Waals surface area contributed by atoms with Crippen molar-refractivity contribution in [2.75, 3.05) is 17.2 Å². The van der Waals surface area contributed by atoms with Gasteiger partial charge in [-0.2, -0.15) is 10.1 Å². The Morgan fingerprint density at radius 3 is 2.74 bits per heavy atom. The maximum absolute atomic E-state index is 13.7. The molecular weight excluding hydrogens is 349 g/mol. The number of carbonyl (C=O) groups is 1. The van der Waals surface area contributed by atoms with E-state index in [2.05, 4.69) is 25.8 Å². The SMILES string of the molecule is CCOC(=O)c1ccccc1Nc1nncc(NCc2ccccc2F)n1. The summed E-state index contributed by atoms with van der Waals surface area (Å²) in [7, 11) is 0. The minimum atomic E-state index is -0.442. The molecule has 0 fully saturated rings. The zero-order chi connectivity index (χ0) is 19.1. The molecule has 0 amide bonds. The summed E-state index contributed by atoms with van der Waals surface area (Å²) in [6.45, 7) is 2.27. The zero-order valence-corrected chi connectivity index (χ0v) is 14.6. The van der Waals surface area contributed by atoms with Crippen molar-refractivity contribution in [3.8, 4) is 0 Å². The molecule has 3 aromatic rings. The van der Waals surface area contributed by atoms with Crippen LogP contribution in [0, 0.1) is 5.82 Å². The fourth-order valence-corrected chi connectivity index (χ4v) is 2.37. The topological polar surface area (TPSA) is 89.0 Å². The molecular formula is C19H18FN5O2. The van der Waals surface area contributed by atoms with Gasteiger partial charge >= 0.3 is 5.97 Å². The van der Waals surface area contributed by atoms with E-state index in [4.69, 9.17) is 4.74 Å². The molecule has 138 valence electrons. The van der Waals surface area contributed by atoms with Gasteiger partial charge in [-0.25, -0.2) is 9.18 Å². The van der Waals surface area contributed by atoms with Crippen molar-refractivity contribution in [1.29, 1.82) is 0 Å². The first kappa shape index (κ1) is 18.2. The van der Waals surface area contributed by atoms with E-state index in [9.17, 15) is 9.18 Å². The van der Waals surface area contributed by atoms with Crippen molar-refractivity contribution in [3.05, 3.63) is 71.7 Å². The number of benzene rings is 2. The molecule has 1 heterocycles. The summed E-state index contributed by atoms with van der Waals surface area (Å²) in [5, 5.41) is 13.8. The summed E-state index contributed by atoms with van der Waals surface area (Å²) in [6, 6.07) is 13.4. The van der Waals surface area contributed by atoms with E-state index in [1.54, 1.807) is 49.4 Å². The number of aromatic nitrogens is 3. The lowest BCUT2D eigenvalue weighted by Gasteiger charge is -2.11. The van der Waals surface area contributed by atoms with Gasteiger partial charge in [-0.15, -0.1) is 5.10 Å². The van der Waals surface area contributed by atoms with Gasteiger partial charge in [-0.1, -0.05) is 30.3 Å². The van der Waals surface area contributed by atoms with Gasteiger partial charge in [-0.3, -0.25) is 0 Å². The molecule has 27 heavy (non-hydrogen) atoms. The van der Waals surface area contributed by atoms with Crippen LogP contribution in [0.5, 0.6) is 0 Å². The highest BCUT2D eigenvalue weighted by Gasteiger charge is 2.13. The van der Waals surface area contributed by atoms with Gasteiger partial charge in [-0.05, 0) is 25.1 Å². The number of nitrogens with one attached hydrogen (secondary N) is 2. The van der Waals surface area contributed by atoms with Crippen molar-refractivity contribution in [1.82, 2.24) is 15.2 Å². The van der Waals surface area contributed by atoms with E-state index in [0.29, 0.717) is 22.6 Å². The fourth-order valence-electron chi connectivity index (χ4n) is 2.37. The highest BCUT2D eigenvalue weighted by atomic mass is 19.1. The summed E-state index contributed by atoms with van der Waals surface area (Å²) in [6.07, 6.45) is 1.43. The smallest absolute Gasteiger partial charge is 0.340 e. The molecule has 7 nitrogen and oxygen atoms in total. The van der Waals surface area contributed by atoms with Crippen LogP contribution in [0.15, 0.2) is 54.7 Å². The lowest BCUT2D eigenvalue weighted by Crippen LogP contribution is -2.10. The average molecular weight is 367 g/mol. The summed E-state index contributed by atoms with van der Waals surface area (Å²) < 4.78 is 18.7. The Balaban J connectivity index is 1.73. The second-order valence-electron chi connectivity index (χ2n) is 5.50. The maximum Gasteiger partial charge on any atom is 0.340 e. The van der Waals surface area contributed by atoms with Crippen LogP contribution in [0.25, 0.3) is 0 Å². The summed E-state index contributed by atoms with van der Waals surface area (Å²) in [5.74, 6) is -0.120.